The number of benzene rings is 8. The van der Waals surface area contributed by atoms with Gasteiger partial charge in [0.1, 0.15) is 68.2 Å². The predicted molar refractivity (Wildman–Crippen MR) is 360 cm³/mol. The Morgan fingerprint density at radius 3 is 0.710 bits per heavy atom. The van der Waals surface area contributed by atoms with Crippen molar-refractivity contribution in [1.29, 1.82) is 0 Å². The summed E-state index contributed by atoms with van der Waals surface area (Å²) in [6, 6.07) is 25.6. The minimum absolute atomic E-state index is 0. The van der Waals surface area contributed by atoms with Crippen molar-refractivity contribution in [2.24, 2.45) is 0 Å². The molecule has 27 heteroatoms. The van der Waals surface area contributed by atoms with E-state index in [1.54, 1.807) is 79.7 Å². The molecule has 0 saturated heterocycles. The molecule has 93 heavy (non-hydrogen) atoms. The molecular formula is C66H61F12I3N4O8. The van der Waals surface area contributed by atoms with Gasteiger partial charge in [0, 0.05) is 83.7 Å². The summed E-state index contributed by atoms with van der Waals surface area (Å²) in [4.78, 5) is 20.3. The summed E-state index contributed by atoms with van der Waals surface area (Å²) in [6.45, 7) is 21.4. The number of halogens is 15. The molecule has 8 aromatic carbocycles. The van der Waals surface area contributed by atoms with Crippen molar-refractivity contribution in [2.45, 2.75) is 119 Å². The lowest BCUT2D eigenvalue weighted by molar-refractivity contribution is -0.385. The van der Waals surface area contributed by atoms with E-state index in [-0.39, 0.29) is 58.3 Å². The van der Waals surface area contributed by atoms with Crippen LogP contribution in [0.2, 0.25) is 0 Å². The smallest absolute Gasteiger partial charge is 0.420 e. The number of hydrogen-bond acceptors (Lipinski definition) is 10. The summed E-state index contributed by atoms with van der Waals surface area (Å²) >= 11 is 4.24. The molecule has 0 aliphatic rings. The van der Waals surface area contributed by atoms with E-state index in [4.69, 9.17) is 30.4 Å². The van der Waals surface area contributed by atoms with Crippen LogP contribution in [0.1, 0.15) is 117 Å². The summed E-state index contributed by atoms with van der Waals surface area (Å²) in [5.74, 6) is -1.00. The van der Waals surface area contributed by atoms with Crippen LogP contribution in [0, 0.1) is 75.6 Å². The fourth-order valence-electron chi connectivity index (χ4n) is 10.3. The van der Waals surface area contributed by atoms with Gasteiger partial charge in [-0.1, -0.05) is 76.2 Å². The Bertz CT molecular complexity index is 3780. The van der Waals surface area contributed by atoms with Gasteiger partial charge in [0.2, 0.25) is 0 Å². The van der Waals surface area contributed by atoms with Crippen LogP contribution in [0.3, 0.4) is 0 Å². The highest BCUT2D eigenvalue weighted by molar-refractivity contribution is 15.0. The molecule has 0 radical (unpaired) electrons. The third-order valence-electron chi connectivity index (χ3n) is 15.2. The quantitative estimate of drug-likeness (QED) is 0.0350. The first-order chi connectivity index (χ1) is 42.4. The average Bonchev–Trinajstić information content (AvgIpc) is 0.786. The predicted octanol–water partition coefficient (Wildman–Crippen LogP) is 23.1. The summed E-state index contributed by atoms with van der Waals surface area (Å²) in [5.41, 5.74) is 11.5. The number of nitrogens with two attached hydrogens (primary N) is 2. The molecule has 12 nitrogen and oxygen atoms in total. The normalized spacial score (nSPS) is 11.9. The van der Waals surface area contributed by atoms with Crippen LogP contribution < -0.4 is 30.4 Å². The second-order valence-electron chi connectivity index (χ2n) is 22.8. The van der Waals surface area contributed by atoms with Crippen molar-refractivity contribution >= 4 is 84.0 Å². The van der Waals surface area contributed by atoms with E-state index in [2.05, 4.69) is 37.2 Å². The van der Waals surface area contributed by atoms with Crippen LogP contribution in [0.5, 0.6) is 46.0 Å². The highest BCUT2D eigenvalue weighted by Crippen LogP contribution is 2.48. The number of nitrogen functional groups attached to an aromatic ring is 2. The Labute approximate surface area is 568 Å². The van der Waals surface area contributed by atoms with Gasteiger partial charge in [-0.25, -0.2) is 0 Å². The molecule has 4 N–H and O–H groups in total. The fourth-order valence-corrected chi connectivity index (χ4v) is 10.3. The Kier molecular flexibility index (Phi) is 24.0. The minimum atomic E-state index is -4.91. The lowest BCUT2D eigenvalue weighted by atomic mass is 9.76. The Morgan fingerprint density at radius 2 is 0.527 bits per heavy atom. The third-order valence-corrected chi connectivity index (χ3v) is 15.2. The van der Waals surface area contributed by atoms with Crippen LogP contribution in [0.15, 0.2) is 121 Å². The van der Waals surface area contributed by atoms with E-state index in [1.165, 1.54) is 24.3 Å². The zero-order valence-electron chi connectivity index (χ0n) is 51.6. The molecule has 0 spiro atoms. The van der Waals surface area contributed by atoms with Gasteiger partial charge in [0.15, 0.2) is 0 Å². The van der Waals surface area contributed by atoms with Crippen LogP contribution in [0.4, 0.5) is 75.4 Å². The second kappa shape index (κ2) is 29.1. The van der Waals surface area contributed by atoms with Gasteiger partial charge in [-0.2, -0.15) is 52.7 Å². The number of aryl methyl sites for hydroxylation is 8. The molecule has 0 unspecified atom stereocenters. The van der Waals surface area contributed by atoms with Crippen LogP contribution in [0.25, 0.3) is 0 Å². The van der Waals surface area contributed by atoms with Gasteiger partial charge in [-0.15, -0.1) is 24.0 Å². The van der Waals surface area contributed by atoms with Gasteiger partial charge < -0.3 is 30.4 Å². The number of non-ortho nitro benzene ring substituents is 2. The first-order valence-electron chi connectivity index (χ1n) is 27.4. The number of anilines is 2. The molecule has 0 amide bonds. The topological polar surface area (TPSA) is 175 Å². The first-order valence-corrected chi connectivity index (χ1v) is 33.7. The summed E-state index contributed by atoms with van der Waals surface area (Å²) in [7, 11) is 0. The maximum absolute atomic E-state index is 13.8. The molecule has 0 saturated carbocycles. The Balaban J connectivity index is 0.000000326. The Hall–Kier alpha value is -7.29. The molecule has 0 bridgehead atoms. The van der Waals surface area contributed by atoms with Gasteiger partial charge in [-0.3, -0.25) is 20.2 Å². The standard InChI is InChI=1S/C33H28F6N2O6.C33H32F6N2O2.I2.HI/c1-17-11-21(12-18(2)29(17)46-27-9-7-23(40(42)43)15-25(27)32(34,35)36)31(5,6)22-13-19(3)30(20(4)14-22)47-28-10-8-24(41(44)45)16-26(28)33(37,38)39;1-17-11-21(12-18(2)29(17)42-27-9-7-23(40)15-25(27)32(34,35)36)31(5,6)22-13-19(3)30(20(4)14-22)43-28-10-8-24(41)16-26(28)33(37,38)39;1-2;/h7-16H,1-6H3;7-16H,40-41H2,1-6H3;;1H. The zero-order chi connectivity index (χ0) is 69.3. The van der Waals surface area contributed by atoms with Crippen LogP contribution in [-0.2, 0) is 35.5 Å². The van der Waals surface area contributed by atoms with E-state index in [9.17, 15) is 72.9 Å². The van der Waals surface area contributed by atoms with Crippen molar-refractivity contribution in [3.8, 4) is 46.0 Å². The molecule has 0 fully saturated rings. The fraction of sp³-hybridized carbons (Fsp3) is 0.273. The maximum atomic E-state index is 13.8. The van der Waals surface area contributed by atoms with E-state index in [1.807, 2.05) is 52.0 Å². The van der Waals surface area contributed by atoms with Crippen molar-refractivity contribution in [3.63, 3.8) is 0 Å². The average molecular weight is 1650 g/mol. The molecule has 0 atom stereocenters. The SMILES string of the molecule is Cc1cc(C(C)(C)c2cc(C)c(Oc3ccc(N)cc3C(F)(F)F)c(C)c2)cc(C)c1Oc1ccc(N)cc1C(F)(F)F.Cc1cc(C(C)(C)c2cc(C)c(Oc3ccc([N+](=O)[O-])cc3C(F)(F)F)c(C)c2)cc(C)c1Oc1ccc([N+](=O)[O-])cc1C(F)(F)F.I.II. The molecule has 8 aromatic rings. The van der Waals surface area contributed by atoms with Crippen molar-refractivity contribution in [3.05, 3.63) is 231 Å². The number of rotatable bonds is 14. The summed E-state index contributed by atoms with van der Waals surface area (Å²) in [6.07, 6.45) is -19.1. The lowest BCUT2D eigenvalue weighted by Crippen LogP contribution is -2.20. The Morgan fingerprint density at radius 1 is 0.344 bits per heavy atom. The molecule has 0 aliphatic carbocycles. The number of alkyl halides is 12. The number of nitro benzene ring substituents is 2. The highest BCUT2D eigenvalue weighted by atomic mass is 128. The largest absolute Gasteiger partial charge is 0.456 e. The number of hydrogen-bond donors (Lipinski definition) is 2. The lowest BCUT2D eigenvalue weighted by Gasteiger charge is -2.29. The van der Waals surface area contributed by atoms with Crippen LogP contribution >= 0.6 is 61.2 Å². The number of nitrogens with zero attached hydrogens (tertiary/aromatic N) is 2. The maximum Gasteiger partial charge on any atom is 0.420 e. The van der Waals surface area contributed by atoms with Crippen molar-refractivity contribution in [1.82, 2.24) is 0 Å². The van der Waals surface area contributed by atoms with E-state index >= 15 is 0 Å². The summed E-state index contributed by atoms with van der Waals surface area (Å²) < 4.78 is 187. The number of nitro groups is 2. The zero-order valence-corrected chi connectivity index (χ0v) is 58.2. The monoisotopic (exact) mass is 1650 g/mol. The molecule has 8 rings (SSSR count). The molecular weight excluding hydrogens is 1590 g/mol. The first kappa shape index (κ1) is 76.4. The van der Waals surface area contributed by atoms with Gasteiger partial charge >= 0.3 is 24.7 Å². The molecule has 0 heterocycles. The molecule has 498 valence electrons. The molecule has 0 aromatic heterocycles. The van der Waals surface area contributed by atoms with Crippen molar-refractivity contribution in [2.75, 3.05) is 11.5 Å². The number of ether oxygens (including phenoxy) is 4. The molecule has 0 aliphatic heterocycles. The van der Waals surface area contributed by atoms with E-state index in [0.717, 1.165) is 58.7 Å². The van der Waals surface area contributed by atoms with E-state index < -0.39 is 90.5 Å². The van der Waals surface area contributed by atoms with E-state index in [0.29, 0.717) is 68.1 Å². The highest BCUT2D eigenvalue weighted by Gasteiger charge is 2.40. The van der Waals surface area contributed by atoms with Gasteiger partial charge in [0.05, 0.1) is 9.85 Å². The second-order valence-corrected chi connectivity index (χ2v) is 22.8. The minimum Gasteiger partial charge on any atom is -0.456 e. The van der Waals surface area contributed by atoms with Crippen molar-refractivity contribution < 1.29 is 81.5 Å². The van der Waals surface area contributed by atoms with Gasteiger partial charge in [-0.05, 0) is 171 Å². The summed E-state index contributed by atoms with van der Waals surface area (Å²) in [5, 5.41) is 22.1. The van der Waals surface area contributed by atoms with Crippen LogP contribution in [-0.4, -0.2) is 9.85 Å². The third kappa shape index (κ3) is 17.7. The van der Waals surface area contributed by atoms with Gasteiger partial charge in [0.25, 0.3) is 11.4 Å².